The number of amides is 2. The van der Waals surface area contributed by atoms with Crippen molar-refractivity contribution in [2.24, 2.45) is 0 Å². The van der Waals surface area contributed by atoms with E-state index in [-0.39, 0.29) is 11.9 Å². The molecule has 1 aliphatic rings. The number of carbonyl (C=O) groups is 2. The smallest absolute Gasteiger partial charge is 0.312 e. The van der Waals surface area contributed by atoms with Crippen LogP contribution < -0.4 is 5.32 Å². The molecule has 1 N–H and O–H groups in total. The molecule has 2 rings (SSSR count). The van der Waals surface area contributed by atoms with Crippen LogP contribution in [0.25, 0.3) is 0 Å². The van der Waals surface area contributed by atoms with Crippen molar-refractivity contribution in [1.82, 2.24) is 10.2 Å². The summed E-state index contributed by atoms with van der Waals surface area (Å²) in [7, 11) is 0. The number of benzene rings is 1. The van der Waals surface area contributed by atoms with Gasteiger partial charge in [0.25, 0.3) is 0 Å². The topological polar surface area (TPSA) is 49.4 Å². The van der Waals surface area contributed by atoms with Gasteiger partial charge in [-0.25, -0.2) is 0 Å². The third-order valence-electron chi connectivity index (χ3n) is 4.25. The summed E-state index contributed by atoms with van der Waals surface area (Å²) in [6.07, 6.45) is 4.06. The van der Waals surface area contributed by atoms with Gasteiger partial charge < -0.3 is 10.2 Å². The van der Waals surface area contributed by atoms with Crippen LogP contribution in [0.3, 0.4) is 0 Å². The molecule has 2 amide bonds. The number of nitrogens with one attached hydrogen (secondary N) is 1. The molecule has 0 aliphatic carbocycles. The Labute approximate surface area is 126 Å². The van der Waals surface area contributed by atoms with Crippen LogP contribution in [0.2, 0.25) is 0 Å². The molecule has 1 atom stereocenters. The molecule has 114 valence electrons. The fourth-order valence-corrected chi connectivity index (χ4v) is 2.88. The van der Waals surface area contributed by atoms with Gasteiger partial charge in [-0.3, -0.25) is 9.59 Å². The van der Waals surface area contributed by atoms with Crippen molar-refractivity contribution in [3.8, 4) is 0 Å². The van der Waals surface area contributed by atoms with Crippen LogP contribution in [-0.2, 0) is 16.1 Å². The Hall–Kier alpha value is -1.84. The van der Waals surface area contributed by atoms with Crippen LogP contribution in [0.15, 0.2) is 24.3 Å². The quantitative estimate of drug-likeness (QED) is 0.868. The summed E-state index contributed by atoms with van der Waals surface area (Å²) in [5, 5.41) is 2.75. The van der Waals surface area contributed by atoms with Gasteiger partial charge in [0.15, 0.2) is 0 Å². The molecule has 1 aromatic rings. The number of likely N-dealkylation sites (tertiary alicyclic amines) is 1. The molecular formula is C17H24N2O2. The number of rotatable bonds is 3. The Morgan fingerprint density at radius 3 is 2.76 bits per heavy atom. The molecule has 0 aromatic heterocycles. The SMILES string of the molecule is CCC1CCCCN1C(=O)C(=O)NCc1ccccc1C. The van der Waals surface area contributed by atoms with E-state index in [1.54, 1.807) is 4.90 Å². The van der Waals surface area contributed by atoms with Crippen LogP contribution in [0.1, 0.15) is 43.7 Å². The molecule has 0 bridgehead atoms. The zero-order chi connectivity index (χ0) is 15.2. The lowest BCUT2D eigenvalue weighted by atomic mass is 10.00. The first kappa shape index (κ1) is 15.5. The molecule has 21 heavy (non-hydrogen) atoms. The molecule has 0 spiro atoms. The monoisotopic (exact) mass is 288 g/mol. The molecule has 0 saturated carbocycles. The summed E-state index contributed by atoms with van der Waals surface area (Å²) < 4.78 is 0. The van der Waals surface area contributed by atoms with Crippen molar-refractivity contribution < 1.29 is 9.59 Å². The van der Waals surface area contributed by atoms with Crippen LogP contribution in [0.4, 0.5) is 0 Å². The highest BCUT2D eigenvalue weighted by Gasteiger charge is 2.29. The zero-order valence-corrected chi connectivity index (χ0v) is 12.9. The normalized spacial score (nSPS) is 18.4. The van der Waals surface area contributed by atoms with E-state index in [4.69, 9.17) is 0 Å². The van der Waals surface area contributed by atoms with E-state index in [0.29, 0.717) is 13.1 Å². The standard InChI is InChI=1S/C17H24N2O2/c1-3-15-10-6-7-11-19(15)17(21)16(20)18-12-14-9-5-4-8-13(14)2/h4-5,8-9,15H,3,6-7,10-12H2,1-2H3,(H,18,20). The Morgan fingerprint density at radius 1 is 1.29 bits per heavy atom. The average molecular weight is 288 g/mol. The average Bonchev–Trinajstić information content (AvgIpc) is 2.53. The predicted octanol–water partition coefficient (Wildman–Crippen LogP) is 2.40. The fourth-order valence-electron chi connectivity index (χ4n) is 2.88. The number of aryl methyl sites for hydroxylation is 1. The maximum absolute atomic E-state index is 12.3. The predicted molar refractivity (Wildman–Crippen MR) is 82.7 cm³/mol. The maximum Gasteiger partial charge on any atom is 0.312 e. The minimum Gasteiger partial charge on any atom is -0.344 e. The minimum absolute atomic E-state index is 0.218. The second kappa shape index (κ2) is 7.25. The van der Waals surface area contributed by atoms with Crippen LogP contribution in [0, 0.1) is 6.92 Å². The second-order valence-corrected chi connectivity index (χ2v) is 5.67. The highest BCUT2D eigenvalue weighted by atomic mass is 16.2. The van der Waals surface area contributed by atoms with Crippen LogP contribution >= 0.6 is 0 Å². The Bertz CT molecular complexity index is 513. The summed E-state index contributed by atoms with van der Waals surface area (Å²) in [6, 6.07) is 8.09. The van der Waals surface area contributed by atoms with Gasteiger partial charge in [-0.05, 0) is 43.7 Å². The van der Waals surface area contributed by atoms with E-state index in [2.05, 4.69) is 12.2 Å². The van der Waals surface area contributed by atoms with E-state index in [1.807, 2.05) is 31.2 Å². The molecule has 1 aromatic carbocycles. The van der Waals surface area contributed by atoms with Crippen LogP contribution in [0.5, 0.6) is 0 Å². The highest BCUT2D eigenvalue weighted by Crippen LogP contribution is 2.19. The zero-order valence-electron chi connectivity index (χ0n) is 12.9. The van der Waals surface area contributed by atoms with E-state index in [0.717, 1.165) is 36.8 Å². The number of hydrogen-bond acceptors (Lipinski definition) is 2. The third kappa shape index (κ3) is 3.84. The van der Waals surface area contributed by atoms with E-state index in [9.17, 15) is 9.59 Å². The largest absolute Gasteiger partial charge is 0.344 e. The number of piperidine rings is 1. The maximum atomic E-state index is 12.3. The summed E-state index contributed by atoms with van der Waals surface area (Å²) in [5.41, 5.74) is 2.17. The number of hydrogen-bond donors (Lipinski definition) is 1. The fraction of sp³-hybridized carbons (Fsp3) is 0.529. The van der Waals surface area contributed by atoms with Crippen molar-refractivity contribution >= 4 is 11.8 Å². The first-order valence-corrected chi connectivity index (χ1v) is 7.76. The van der Waals surface area contributed by atoms with Gasteiger partial charge in [-0.15, -0.1) is 0 Å². The van der Waals surface area contributed by atoms with Gasteiger partial charge in [-0.2, -0.15) is 0 Å². The Kier molecular flexibility index (Phi) is 5.37. The number of carbonyl (C=O) groups excluding carboxylic acids is 2. The lowest BCUT2D eigenvalue weighted by Gasteiger charge is -2.34. The van der Waals surface area contributed by atoms with Gasteiger partial charge in [0.1, 0.15) is 0 Å². The molecule has 4 nitrogen and oxygen atoms in total. The van der Waals surface area contributed by atoms with Crippen molar-refractivity contribution in [2.45, 2.75) is 52.1 Å². The van der Waals surface area contributed by atoms with Gasteiger partial charge in [0, 0.05) is 19.1 Å². The molecule has 1 aliphatic heterocycles. The molecule has 1 saturated heterocycles. The lowest BCUT2D eigenvalue weighted by Crippen LogP contribution is -2.49. The Balaban J connectivity index is 1.93. The van der Waals surface area contributed by atoms with Gasteiger partial charge in [0.05, 0.1) is 0 Å². The van der Waals surface area contributed by atoms with E-state index < -0.39 is 5.91 Å². The summed E-state index contributed by atoms with van der Waals surface area (Å²) in [6.45, 7) is 5.18. The van der Waals surface area contributed by atoms with E-state index in [1.165, 1.54) is 0 Å². The molecule has 4 heteroatoms. The van der Waals surface area contributed by atoms with Gasteiger partial charge >= 0.3 is 11.8 Å². The molecule has 0 radical (unpaired) electrons. The van der Waals surface area contributed by atoms with Gasteiger partial charge in [-0.1, -0.05) is 31.2 Å². The van der Waals surface area contributed by atoms with Gasteiger partial charge in [0.2, 0.25) is 0 Å². The highest BCUT2D eigenvalue weighted by molar-refractivity contribution is 6.35. The Morgan fingerprint density at radius 2 is 2.05 bits per heavy atom. The third-order valence-corrected chi connectivity index (χ3v) is 4.25. The number of nitrogens with zero attached hydrogens (tertiary/aromatic N) is 1. The van der Waals surface area contributed by atoms with Crippen molar-refractivity contribution in [3.63, 3.8) is 0 Å². The van der Waals surface area contributed by atoms with Crippen molar-refractivity contribution in [1.29, 1.82) is 0 Å². The van der Waals surface area contributed by atoms with Crippen LogP contribution in [-0.4, -0.2) is 29.3 Å². The minimum atomic E-state index is -0.487. The van der Waals surface area contributed by atoms with Crippen molar-refractivity contribution in [2.75, 3.05) is 6.54 Å². The molecule has 1 fully saturated rings. The molecule has 1 heterocycles. The first-order valence-electron chi connectivity index (χ1n) is 7.76. The van der Waals surface area contributed by atoms with Crippen molar-refractivity contribution in [3.05, 3.63) is 35.4 Å². The lowest BCUT2D eigenvalue weighted by molar-refractivity contribution is -0.148. The second-order valence-electron chi connectivity index (χ2n) is 5.67. The van der Waals surface area contributed by atoms with E-state index >= 15 is 0 Å². The summed E-state index contributed by atoms with van der Waals surface area (Å²) in [5.74, 6) is -0.867. The molecule has 1 unspecified atom stereocenters. The summed E-state index contributed by atoms with van der Waals surface area (Å²) >= 11 is 0. The summed E-state index contributed by atoms with van der Waals surface area (Å²) in [4.78, 5) is 26.1. The molecular weight excluding hydrogens is 264 g/mol. The first-order chi connectivity index (χ1) is 10.1.